The van der Waals surface area contributed by atoms with Crippen LogP contribution in [0, 0.1) is 0 Å². The van der Waals surface area contributed by atoms with Gasteiger partial charge in [0.25, 0.3) is 5.91 Å². The summed E-state index contributed by atoms with van der Waals surface area (Å²) in [6.45, 7) is 3.06. The molecule has 1 aromatic rings. The molecule has 8 nitrogen and oxygen atoms in total. The predicted octanol–water partition coefficient (Wildman–Crippen LogP) is -0.744. The zero-order chi connectivity index (χ0) is 15.6. The van der Waals surface area contributed by atoms with Crippen LogP contribution in [0.3, 0.4) is 0 Å². The number of rotatable bonds is 4. The summed E-state index contributed by atoms with van der Waals surface area (Å²) in [5, 5.41) is 3.18. The van der Waals surface area contributed by atoms with Crippen molar-refractivity contribution < 1.29 is 9.59 Å². The van der Waals surface area contributed by atoms with Crippen molar-refractivity contribution in [2.24, 2.45) is 11.5 Å². The molecule has 1 fully saturated rings. The first-order valence-electron chi connectivity index (χ1n) is 6.75. The maximum atomic E-state index is 12.1. The van der Waals surface area contributed by atoms with E-state index in [0.717, 1.165) is 19.4 Å². The highest BCUT2D eigenvalue weighted by Crippen LogP contribution is 2.29. The number of nitrogens with one attached hydrogen (secondary N) is 1. The largest absolute Gasteiger partial charge is 0.382 e. The van der Waals surface area contributed by atoms with Crippen LogP contribution in [-0.2, 0) is 4.79 Å². The third-order valence-corrected chi connectivity index (χ3v) is 4.48. The average molecular weight is 312 g/mol. The Balaban J connectivity index is 2.11. The molecule has 2 unspecified atom stereocenters. The molecule has 7 N–H and O–H groups in total. The van der Waals surface area contributed by atoms with E-state index >= 15 is 0 Å². The Hall–Kier alpha value is -1.87. The van der Waals surface area contributed by atoms with Crippen LogP contribution in [0.5, 0.6) is 0 Å². The molecule has 0 aliphatic carbocycles. The molecule has 2 rings (SSSR count). The van der Waals surface area contributed by atoms with E-state index in [4.69, 9.17) is 17.2 Å². The van der Waals surface area contributed by atoms with E-state index in [-0.39, 0.29) is 16.7 Å². The second-order valence-corrected chi connectivity index (χ2v) is 6.13. The molecular formula is C12H20N6O2S. The van der Waals surface area contributed by atoms with Crippen LogP contribution in [-0.4, -0.2) is 42.0 Å². The fourth-order valence-corrected chi connectivity index (χ4v) is 3.06. The van der Waals surface area contributed by atoms with Crippen LogP contribution in [0.15, 0.2) is 0 Å². The van der Waals surface area contributed by atoms with Gasteiger partial charge in [0.05, 0.1) is 0 Å². The molecule has 1 aliphatic heterocycles. The number of aromatic nitrogens is 1. The monoisotopic (exact) mass is 312 g/mol. The van der Waals surface area contributed by atoms with Gasteiger partial charge in [0.1, 0.15) is 16.7 Å². The van der Waals surface area contributed by atoms with Gasteiger partial charge >= 0.3 is 0 Å². The van der Waals surface area contributed by atoms with Gasteiger partial charge in [0.15, 0.2) is 5.13 Å². The molecule has 0 radical (unpaired) electrons. The van der Waals surface area contributed by atoms with Crippen LogP contribution in [0.2, 0.25) is 0 Å². The summed E-state index contributed by atoms with van der Waals surface area (Å²) in [6.07, 6.45) is 1.97. The van der Waals surface area contributed by atoms with Crippen LogP contribution in [0.25, 0.3) is 0 Å². The molecule has 2 atom stereocenters. The molecule has 21 heavy (non-hydrogen) atoms. The topological polar surface area (TPSA) is 140 Å². The Morgan fingerprint density at radius 1 is 1.52 bits per heavy atom. The second-order valence-electron chi connectivity index (χ2n) is 5.16. The van der Waals surface area contributed by atoms with Crippen molar-refractivity contribution in [2.75, 3.05) is 23.7 Å². The molecule has 0 bridgehead atoms. The van der Waals surface area contributed by atoms with Crippen molar-refractivity contribution in [1.82, 2.24) is 10.3 Å². The second kappa shape index (κ2) is 6.27. The average Bonchev–Trinajstić information content (AvgIpc) is 2.80. The standard InChI is InChI=1S/C12H20N6O2S/c1-6(10(15)19)16-11(20)8-9(14)17-12(21-8)18-4-2-3-7(13)5-18/h6-7H,2-5,13-14H2,1H3,(H2,15,19)(H,16,20). The maximum absolute atomic E-state index is 12.1. The van der Waals surface area contributed by atoms with Gasteiger partial charge in [0, 0.05) is 19.1 Å². The summed E-state index contributed by atoms with van der Waals surface area (Å²) >= 11 is 1.20. The van der Waals surface area contributed by atoms with Gasteiger partial charge in [-0.15, -0.1) is 0 Å². The van der Waals surface area contributed by atoms with Crippen LogP contribution < -0.4 is 27.4 Å². The minimum Gasteiger partial charge on any atom is -0.382 e. The zero-order valence-corrected chi connectivity index (χ0v) is 12.7. The number of amides is 2. The van der Waals surface area contributed by atoms with Crippen LogP contribution in [0.4, 0.5) is 10.9 Å². The lowest BCUT2D eigenvalue weighted by atomic mass is 10.1. The lowest BCUT2D eigenvalue weighted by Gasteiger charge is -2.30. The molecule has 0 spiro atoms. The summed E-state index contributed by atoms with van der Waals surface area (Å²) in [7, 11) is 0. The molecule has 116 valence electrons. The third-order valence-electron chi connectivity index (χ3n) is 3.35. The van der Waals surface area contributed by atoms with Gasteiger partial charge in [0.2, 0.25) is 5.91 Å². The molecule has 1 aromatic heterocycles. The Labute approximate surface area is 126 Å². The number of nitrogens with two attached hydrogens (primary N) is 3. The number of carbonyl (C=O) groups excluding carboxylic acids is 2. The SMILES string of the molecule is CC(NC(=O)c1sc(N2CCCC(N)C2)nc1N)C(N)=O. The highest BCUT2D eigenvalue weighted by Gasteiger charge is 2.24. The number of thiazole rings is 1. The van der Waals surface area contributed by atoms with E-state index in [1.165, 1.54) is 18.3 Å². The number of carbonyl (C=O) groups is 2. The number of nitrogen functional groups attached to an aromatic ring is 1. The van der Waals surface area contributed by atoms with Gasteiger partial charge in [-0.25, -0.2) is 4.98 Å². The summed E-state index contributed by atoms with van der Waals surface area (Å²) in [5.41, 5.74) is 16.9. The lowest BCUT2D eigenvalue weighted by Crippen LogP contribution is -2.42. The lowest BCUT2D eigenvalue weighted by molar-refractivity contribution is -0.119. The van der Waals surface area contributed by atoms with Gasteiger partial charge in [-0.2, -0.15) is 0 Å². The van der Waals surface area contributed by atoms with E-state index in [1.807, 2.05) is 4.90 Å². The van der Waals surface area contributed by atoms with E-state index in [2.05, 4.69) is 10.3 Å². The fourth-order valence-electron chi connectivity index (χ4n) is 2.14. The van der Waals surface area contributed by atoms with Crippen molar-refractivity contribution in [3.8, 4) is 0 Å². The molecule has 0 aromatic carbocycles. The van der Waals surface area contributed by atoms with Gasteiger partial charge < -0.3 is 27.4 Å². The maximum Gasteiger partial charge on any atom is 0.265 e. The molecular weight excluding hydrogens is 292 g/mol. The van der Waals surface area contributed by atoms with E-state index < -0.39 is 17.9 Å². The Bertz CT molecular complexity index is 546. The van der Waals surface area contributed by atoms with Crippen molar-refractivity contribution in [3.63, 3.8) is 0 Å². The van der Waals surface area contributed by atoms with Crippen molar-refractivity contribution >= 4 is 34.1 Å². The summed E-state index contributed by atoms with van der Waals surface area (Å²) < 4.78 is 0. The number of piperidine rings is 1. The van der Waals surface area contributed by atoms with E-state index in [1.54, 1.807) is 0 Å². The van der Waals surface area contributed by atoms with Crippen molar-refractivity contribution in [3.05, 3.63) is 4.88 Å². The third kappa shape index (κ3) is 3.61. The number of nitrogens with zero attached hydrogens (tertiary/aromatic N) is 2. The molecule has 2 amide bonds. The number of primary amides is 1. The van der Waals surface area contributed by atoms with Crippen molar-refractivity contribution in [2.45, 2.75) is 31.8 Å². The molecule has 9 heteroatoms. The quantitative estimate of drug-likeness (QED) is 0.577. The van der Waals surface area contributed by atoms with E-state index in [9.17, 15) is 9.59 Å². The number of anilines is 2. The Morgan fingerprint density at radius 2 is 2.24 bits per heavy atom. The van der Waals surface area contributed by atoms with E-state index in [0.29, 0.717) is 11.7 Å². The smallest absolute Gasteiger partial charge is 0.265 e. The Morgan fingerprint density at radius 3 is 2.86 bits per heavy atom. The molecule has 1 saturated heterocycles. The zero-order valence-electron chi connectivity index (χ0n) is 11.8. The normalized spacial score (nSPS) is 20.1. The number of hydrogen-bond acceptors (Lipinski definition) is 7. The first-order valence-corrected chi connectivity index (χ1v) is 7.57. The Kier molecular flexibility index (Phi) is 4.63. The summed E-state index contributed by atoms with van der Waals surface area (Å²) in [5.74, 6) is -0.888. The fraction of sp³-hybridized carbons (Fsp3) is 0.583. The van der Waals surface area contributed by atoms with Crippen LogP contribution in [0.1, 0.15) is 29.4 Å². The van der Waals surface area contributed by atoms with Crippen LogP contribution >= 0.6 is 11.3 Å². The molecule has 1 aliphatic rings. The highest BCUT2D eigenvalue weighted by atomic mass is 32.1. The molecule has 2 heterocycles. The van der Waals surface area contributed by atoms with Gasteiger partial charge in [-0.1, -0.05) is 11.3 Å². The van der Waals surface area contributed by atoms with Gasteiger partial charge in [-0.3, -0.25) is 9.59 Å². The summed E-state index contributed by atoms with van der Waals surface area (Å²) in [4.78, 5) is 29.6. The van der Waals surface area contributed by atoms with Gasteiger partial charge in [-0.05, 0) is 19.8 Å². The highest BCUT2D eigenvalue weighted by molar-refractivity contribution is 7.18. The number of hydrogen-bond donors (Lipinski definition) is 4. The first kappa shape index (κ1) is 15.5. The minimum atomic E-state index is -0.758. The molecule has 0 saturated carbocycles. The predicted molar refractivity (Wildman–Crippen MR) is 82.1 cm³/mol. The minimum absolute atomic E-state index is 0.107. The van der Waals surface area contributed by atoms with Crippen molar-refractivity contribution in [1.29, 1.82) is 0 Å². The summed E-state index contributed by atoms with van der Waals surface area (Å²) in [6, 6.07) is -0.651. The first-order chi connectivity index (χ1) is 9.88.